The Bertz CT molecular complexity index is 1590. The third-order valence-electron chi connectivity index (χ3n) is 8.28. The molecule has 3 heterocycles. The summed E-state index contributed by atoms with van der Waals surface area (Å²) in [6, 6.07) is 15.0. The highest BCUT2D eigenvalue weighted by Crippen LogP contribution is 2.49. The number of alkyl halides is 1. The predicted octanol–water partition coefficient (Wildman–Crippen LogP) is 6.04. The molecule has 0 aliphatic heterocycles. The summed E-state index contributed by atoms with van der Waals surface area (Å²) in [5, 5.41) is 10.0. The van der Waals surface area contributed by atoms with Crippen molar-refractivity contribution in [1.29, 1.82) is 0 Å². The fourth-order valence-electron chi connectivity index (χ4n) is 6.27. The molecule has 198 valence electrons. The van der Waals surface area contributed by atoms with Crippen molar-refractivity contribution in [3.05, 3.63) is 72.7 Å². The normalized spacial score (nSPS) is 20.3. The number of rotatable bonds is 6. The lowest BCUT2D eigenvalue weighted by Crippen LogP contribution is -2.61. The number of aliphatic carboxylic acids is 1. The van der Waals surface area contributed by atoms with Crippen molar-refractivity contribution in [1.82, 2.24) is 14.5 Å². The van der Waals surface area contributed by atoms with Gasteiger partial charge in [0.15, 0.2) is 11.8 Å². The second-order valence-electron chi connectivity index (χ2n) is 10.5. The maximum absolute atomic E-state index is 12.8. The van der Waals surface area contributed by atoms with E-state index >= 15 is 0 Å². The van der Waals surface area contributed by atoms with Gasteiger partial charge in [0.05, 0.1) is 22.1 Å². The van der Waals surface area contributed by atoms with E-state index < -0.39 is 22.3 Å². The van der Waals surface area contributed by atoms with Crippen LogP contribution in [0.2, 0.25) is 0 Å². The Kier molecular flexibility index (Phi) is 6.67. The van der Waals surface area contributed by atoms with Gasteiger partial charge in [0, 0.05) is 48.9 Å². The van der Waals surface area contributed by atoms with Crippen LogP contribution >= 0.6 is 15.9 Å². The number of fused-ring (bicyclic) bond motifs is 1. The van der Waals surface area contributed by atoms with Crippen LogP contribution in [-0.2, 0) is 23.1 Å². The lowest BCUT2D eigenvalue weighted by molar-refractivity contribution is -0.138. The van der Waals surface area contributed by atoms with Crippen LogP contribution in [0, 0.1) is 5.41 Å². The Morgan fingerprint density at radius 1 is 1.10 bits per heavy atom. The molecule has 1 unspecified atom stereocenters. The van der Waals surface area contributed by atoms with Gasteiger partial charge >= 0.3 is 5.97 Å². The number of benzene rings is 1. The molecule has 6 rings (SSSR count). The van der Waals surface area contributed by atoms with Gasteiger partial charge in [0.2, 0.25) is 0 Å². The van der Waals surface area contributed by atoms with Gasteiger partial charge in [-0.15, -0.1) is 0 Å². The third kappa shape index (κ3) is 4.31. The first-order valence-corrected chi connectivity index (χ1v) is 14.2. The average Bonchev–Trinajstić information content (AvgIpc) is 3.28. The number of aromatic nitrogens is 3. The molecule has 0 saturated heterocycles. The topological polar surface area (TPSA) is 97.4 Å². The maximum atomic E-state index is 12.8. The minimum absolute atomic E-state index is 0.155. The highest BCUT2D eigenvalue weighted by atomic mass is 79.9. The minimum atomic E-state index is -0.978. The molecule has 1 N–H and O–H groups in total. The van der Waals surface area contributed by atoms with Crippen molar-refractivity contribution in [3.63, 3.8) is 0 Å². The number of carbonyl (C=O) groups excluding carboxylic acids is 1. The number of aryl methyl sites for hydroxylation is 1. The van der Waals surface area contributed by atoms with Gasteiger partial charge in [-0.05, 0) is 48.2 Å². The van der Waals surface area contributed by atoms with Gasteiger partial charge in [-0.2, -0.15) is 0 Å². The molecular formula is C31H29BrN4O3. The zero-order valence-electron chi connectivity index (χ0n) is 21.7. The zero-order chi connectivity index (χ0) is 27.1. The Morgan fingerprint density at radius 3 is 2.54 bits per heavy atom. The van der Waals surface area contributed by atoms with E-state index in [0.29, 0.717) is 0 Å². The number of halogens is 1. The van der Waals surface area contributed by atoms with E-state index in [4.69, 9.17) is 9.98 Å². The molecule has 0 radical (unpaired) electrons. The smallest absolute Gasteiger partial charge is 0.328 e. The molecule has 8 heteroatoms. The summed E-state index contributed by atoms with van der Waals surface area (Å²) in [5.74, 6) is -0.823. The number of nitrogens with zero attached hydrogens (tertiary/aromatic N) is 4. The summed E-state index contributed by atoms with van der Waals surface area (Å²) in [6.45, 7) is 0. The molecule has 4 aromatic rings. The van der Waals surface area contributed by atoms with Crippen LogP contribution < -0.4 is 0 Å². The molecule has 2 saturated carbocycles. The molecule has 3 aromatic heterocycles. The number of ketones is 1. The van der Waals surface area contributed by atoms with Crippen molar-refractivity contribution in [2.24, 2.45) is 17.5 Å². The van der Waals surface area contributed by atoms with E-state index in [1.807, 2.05) is 55.7 Å². The summed E-state index contributed by atoms with van der Waals surface area (Å²) in [4.78, 5) is 38.3. The number of hydrogen-bond acceptors (Lipinski definition) is 5. The zero-order valence-corrected chi connectivity index (χ0v) is 23.3. The number of aliphatic imine (C=N–C) groups is 1. The number of carboxylic acids is 1. The van der Waals surface area contributed by atoms with Crippen molar-refractivity contribution in [3.8, 4) is 22.4 Å². The molecule has 2 fully saturated rings. The van der Waals surface area contributed by atoms with Crippen molar-refractivity contribution in [2.75, 3.05) is 0 Å². The van der Waals surface area contributed by atoms with Gasteiger partial charge < -0.3 is 9.67 Å². The fourth-order valence-corrected chi connectivity index (χ4v) is 7.26. The summed E-state index contributed by atoms with van der Waals surface area (Å²) >= 11 is 3.46. The first kappa shape index (κ1) is 25.6. The van der Waals surface area contributed by atoms with Crippen molar-refractivity contribution < 1.29 is 14.7 Å². The third-order valence-corrected chi connectivity index (χ3v) is 9.13. The van der Waals surface area contributed by atoms with Gasteiger partial charge in [-0.3, -0.25) is 19.8 Å². The van der Waals surface area contributed by atoms with Crippen LogP contribution in [0.3, 0.4) is 0 Å². The molecule has 2 aliphatic carbocycles. The Morgan fingerprint density at radius 2 is 1.85 bits per heavy atom. The molecule has 2 aliphatic rings. The highest BCUT2D eigenvalue weighted by molar-refractivity contribution is 9.10. The second-order valence-corrected chi connectivity index (χ2v) is 11.5. The van der Waals surface area contributed by atoms with E-state index in [-0.39, 0.29) is 12.2 Å². The van der Waals surface area contributed by atoms with E-state index in [1.165, 1.54) is 0 Å². The lowest BCUT2D eigenvalue weighted by atomic mass is 9.58. The summed E-state index contributed by atoms with van der Waals surface area (Å²) in [5.41, 5.74) is 6.98. The summed E-state index contributed by atoms with van der Waals surface area (Å²) < 4.78 is 2.14. The summed E-state index contributed by atoms with van der Waals surface area (Å²) in [6.07, 6.45) is 10.3. The van der Waals surface area contributed by atoms with Crippen LogP contribution in [0.25, 0.3) is 33.4 Å². The molecule has 0 bridgehead atoms. The SMILES string of the molecule is Cn1c(-c2cccnc2)c(-c2ccc(C[C@H](N=C3C(Br)C(=O)C34CCCCC4)C(=O)O)cc2)c2ncccc21. The number of pyridine rings is 2. The van der Waals surface area contributed by atoms with Crippen LogP contribution in [0.15, 0.2) is 72.1 Å². The van der Waals surface area contributed by atoms with Crippen LogP contribution in [0.5, 0.6) is 0 Å². The highest BCUT2D eigenvalue weighted by Gasteiger charge is 2.58. The van der Waals surface area contributed by atoms with Crippen LogP contribution in [-0.4, -0.2) is 48.0 Å². The monoisotopic (exact) mass is 584 g/mol. The van der Waals surface area contributed by atoms with Crippen LogP contribution in [0.4, 0.5) is 0 Å². The standard InChI is InChI=1S/C31H29BrN4O3/c1-36-23-8-6-16-34-26(23)24(27(36)21-7-5-15-33-18-21)20-11-9-19(10-12-20)17-22(30(38)39)35-28-25(32)29(37)31(28)13-3-2-4-14-31/h5-12,15-16,18,22,25H,2-4,13-14,17H2,1H3,(H,38,39)/t22-,25?/m0/s1. The van der Waals surface area contributed by atoms with Crippen molar-refractivity contribution >= 4 is 44.4 Å². The molecule has 7 nitrogen and oxygen atoms in total. The first-order valence-electron chi connectivity index (χ1n) is 13.3. The first-order chi connectivity index (χ1) is 18.9. The molecule has 1 aromatic carbocycles. The molecule has 2 atom stereocenters. The van der Waals surface area contributed by atoms with Crippen molar-refractivity contribution in [2.45, 2.75) is 49.4 Å². The van der Waals surface area contributed by atoms with Gasteiger partial charge in [0.25, 0.3) is 0 Å². The van der Waals surface area contributed by atoms with Gasteiger partial charge in [0.1, 0.15) is 4.83 Å². The molecule has 1 spiro atoms. The van der Waals surface area contributed by atoms with Gasteiger partial charge in [-0.1, -0.05) is 59.5 Å². The predicted molar refractivity (Wildman–Crippen MR) is 155 cm³/mol. The Labute approximate surface area is 235 Å². The number of hydrogen-bond donors (Lipinski definition) is 1. The maximum Gasteiger partial charge on any atom is 0.328 e. The second kappa shape index (κ2) is 10.2. The van der Waals surface area contributed by atoms with Crippen LogP contribution in [0.1, 0.15) is 37.7 Å². The fraction of sp³-hybridized carbons (Fsp3) is 0.323. The van der Waals surface area contributed by atoms with E-state index in [2.05, 4.69) is 31.5 Å². The van der Waals surface area contributed by atoms with Gasteiger partial charge in [-0.25, -0.2) is 4.79 Å². The lowest BCUT2D eigenvalue weighted by Gasteiger charge is -2.47. The average molecular weight is 586 g/mol. The number of carboxylic acid groups (broad SMARTS) is 1. The largest absolute Gasteiger partial charge is 0.480 e. The number of Topliss-reactive ketones (excluding diaryl/α,β-unsaturated/α-hetero) is 1. The minimum Gasteiger partial charge on any atom is -0.480 e. The van der Waals surface area contributed by atoms with E-state index in [1.54, 1.807) is 12.4 Å². The quantitative estimate of drug-likeness (QED) is 0.279. The Hall–Kier alpha value is -3.65. The summed E-state index contributed by atoms with van der Waals surface area (Å²) in [7, 11) is 2.03. The number of carbonyl (C=O) groups is 2. The van der Waals surface area contributed by atoms with E-state index in [0.717, 1.165) is 76.8 Å². The molecule has 0 amide bonds. The van der Waals surface area contributed by atoms with E-state index in [9.17, 15) is 14.7 Å². The molecule has 39 heavy (non-hydrogen) atoms. The molecular weight excluding hydrogens is 556 g/mol. The Balaban J connectivity index is 1.33.